The summed E-state index contributed by atoms with van der Waals surface area (Å²) in [6, 6.07) is 12.8. The summed E-state index contributed by atoms with van der Waals surface area (Å²) >= 11 is 0. The first-order chi connectivity index (χ1) is 12.3. The predicted molar refractivity (Wildman–Crippen MR) is 106 cm³/mol. The van der Waals surface area contributed by atoms with E-state index in [1.807, 2.05) is 0 Å². The molecule has 1 saturated carbocycles. The van der Waals surface area contributed by atoms with Gasteiger partial charge in [-0.05, 0) is 62.6 Å². The summed E-state index contributed by atoms with van der Waals surface area (Å²) in [5.41, 5.74) is 1.51. The number of hydrogen-bond acceptors (Lipinski definition) is 2. The Morgan fingerprint density at radius 2 is 1.72 bits per heavy atom. The van der Waals surface area contributed by atoms with Crippen molar-refractivity contribution in [1.29, 1.82) is 0 Å². The molecule has 138 valence electrons. The third kappa shape index (κ3) is 3.95. The number of piperazine rings is 1. The zero-order chi connectivity index (χ0) is 17.1. The normalized spacial score (nSPS) is 30.3. The highest BCUT2D eigenvalue weighted by Crippen LogP contribution is 2.37. The molecule has 3 atom stereocenters. The van der Waals surface area contributed by atoms with E-state index in [0.29, 0.717) is 5.92 Å². The Morgan fingerprint density at radius 3 is 2.52 bits per heavy atom. The van der Waals surface area contributed by atoms with E-state index in [1.165, 1.54) is 83.1 Å². The lowest BCUT2D eigenvalue weighted by Crippen LogP contribution is -2.60. The Kier molecular flexibility index (Phi) is 5.77. The standard InChI is InChI=1S/C23H36N2/c1-19(20-9-4-2-5-10-20)14-16-25-18-17-24-15-8-13-22(24)23(25)21-11-6-3-7-12-21/h2,4-5,9-10,19,21-23H,3,6-8,11-18H2,1H3. The van der Waals surface area contributed by atoms with Crippen LogP contribution < -0.4 is 0 Å². The van der Waals surface area contributed by atoms with E-state index in [9.17, 15) is 0 Å². The van der Waals surface area contributed by atoms with Crippen LogP contribution in [0.5, 0.6) is 0 Å². The maximum atomic E-state index is 2.92. The number of hydrogen-bond donors (Lipinski definition) is 0. The molecule has 2 saturated heterocycles. The van der Waals surface area contributed by atoms with Gasteiger partial charge in [0.2, 0.25) is 0 Å². The number of fused-ring (bicyclic) bond motifs is 1. The lowest BCUT2D eigenvalue weighted by Gasteiger charge is -2.49. The van der Waals surface area contributed by atoms with Gasteiger partial charge in [0.1, 0.15) is 0 Å². The van der Waals surface area contributed by atoms with Gasteiger partial charge in [-0.15, -0.1) is 0 Å². The van der Waals surface area contributed by atoms with Crippen molar-refractivity contribution in [3.63, 3.8) is 0 Å². The van der Waals surface area contributed by atoms with Crippen LogP contribution in [0, 0.1) is 5.92 Å². The van der Waals surface area contributed by atoms with E-state index < -0.39 is 0 Å². The van der Waals surface area contributed by atoms with Crippen molar-refractivity contribution in [2.24, 2.45) is 5.92 Å². The Labute approximate surface area is 154 Å². The molecule has 0 aromatic heterocycles. The first-order valence-corrected chi connectivity index (χ1v) is 10.9. The van der Waals surface area contributed by atoms with Gasteiger partial charge >= 0.3 is 0 Å². The molecule has 0 spiro atoms. The molecule has 2 heteroatoms. The quantitative estimate of drug-likeness (QED) is 0.751. The lowest BCUT2D eigenvalue weighted by atomic mass is 9.78. The molecule has 0 bridgehead atoms. The van der Waals surface area contributed by atoms with Gasteiger partial charge in [-0.3, -0.25) is 9.80 Å². The largest absolute Gasteiger partial charge is 0.298 e. The topological polar surface area (TPSA) is 6.48 Å². The van der Waals surface area contributed by atoms with Crippen LogP contribution in [-0.4, -0.2) is 48.1 Å². The molecule has 3 aliphatic rings. The minimum absolute atomic E-state index is 0.676. The van der Waals surface area contributed by atoms with Crippen molar-refractivity contribution < 1.29 is 0 Å². The van der Waals surface area contributed by atoms with Crippen molar-refractivity contribution >= 4 is 0 Å². The maximum Gasteiger partial charge on any atom is 0.0280 e. The Morgan fingerprint density at radius 1 is 0.920 bits per heavy atom. The van der Waals surface area contributed by atoms with Gasteiger partial charge in [-0.25, -0.2) is 0 Å². The zero-order valence-corrected chi connectivity index (χ0v) is 16.1. The summed E-state index contributed by atoms with van der Waals surface area (Å²) in [5, 5.41) is 0. The molecule has 1 aliphatic carbocycles. The summed E-state index contributed by atoms with van der Waals surface area (Å²) in [5.74, 6) is 1.64. The molecule has 0 radical (unpaired) electrons. The van der Waals surface area contributed by atoms with Gasteiger partial charge in [0.05, 0.1) is 0 Å². The van der Waals surface area contributed by atoms with Gasteiger partial charge in [0.15, 0.2) is 0 Å². The monoisotopic (exact) mass is 340 g/mol. The van der Waals surface area contributed by atoms with Gasteiger partial charge in [-0.1, -0.05) is 56.5 Å². The Bertz CT molecular complexity index is 522. The fourth-order valence-corrected chi connectivity index (χ4v) is 5.82. The Balaban J connectivity index is 1.42. The summed E-state index contributed by atoms with van der Waals surface area (Å²) in [4.78, 5) is 5.75. The molecule has 4 rings (SSSR count). The highest BCUT2D eigenvalue weighted by Gasteiger charge is 2.42. The van der Waals surface area contributed by atoms with Crippen LogP contribution in [0.2, 0.25) is 0 Å². The van der Waals surface area contributed by atoms with Crippen LogP contribution in [0.25, 0.3) is 0 Å². The van der Waals surface area contributed by atoms with Crippen molar-refractivity contribution in [1.82, 2.24) is 9.80 Å². The van der Waals surface area contributed by atoms with E-state index >= 15 is 0 Å². The molecule has 2 aliphatic heterocycles. The number of nitrogens with zero attached hydrogens (tertiary/aromatic N) is 2. The van der Waals surface area contributed by atoms with Gasteiger partial charge in [-0.2, -0.15) is 0 Å². The molecule has 1 aromatic carbocycles. The molecule has 2 heterocycles. The molecule has 25 heavy (non-hydrogen) atoms. The molecular formula is C23H36N2. The molecule has 0 amide bonds. The second-order valence-corrected chi connectivity index (χ2v) is 8.77. The first kappa shape index (κ1) is 17.5. The summed E-state index contributed by atoms with van der Waals surface area (Å²) < 4.78 is 0. The van der Waals surface area contributed by atoms with Crippen molar-refractivity contribution in [2.75, 3.05) is 26.2 Å². The second-order valence-electron chi connectivity index (χ2n) is 8.77. The highest BCUT2D eigenvalue weighted by molar-refractivity contribution is 5.18. The molecular weight excluding hydrogens is 304 g/mol. The minimum Gasteiger partial charge on any atom is -0.298 e. The van der Waals surface area contributed by atoms with Crippen molar-refractivity contribution in [3.05, 3.63) is 35.9 Å². The summed E-state index contributed by atoms with van der Waals surface area (Å²) in [6.07, 6.45) is 11.6. The van der Waals surface area contributed by atoms with Crippen molar-refractivity contribution in [3.8, 4) is 0 Å². The van der Waals surface area contributed by atoms with Crippen LogP contribution in [0.4, 0.5) is 0 Å². The van der Waals surface area contributed by atoms with E-state index in [4.69, 9.17) is 0 Å². The fraction of sp³-hybridized carbons (Fsp3) is 0.739. The molecule has 3 unspecified atom stereocenters. The SMILES string of the molecule is CC(CCN1CCN2CCCC2C1C1CCCCC1)c1ccccc1. The van der Waals surface area contributed by atoms with Crippen LogP contribution in [-0.2, 0) is 0 Å². The average Bonchev–Trinajstić information content (AvgIpc) is 3.15. The summed E-state index contributed by atoms with van der Waals surface area (Å²) in [6.45, 7) is 7.69. The third-order valence-corrected chi connectivity index (χ3v) is 7.26. The Hall–Kier alpha value is -0.860. The molecule has 1 aromatic rings. The third-order valence-electron chi connectivity index (χ3n) is 7.26. The zero-order valence-electron chi connectivity index (χ0n) is 16.1. The first-order valence-electron chi connectivity index (χ1n) is 10.9. The van der Waals surface area contributed by atoms with Crippen LogP contribution in [0.15, 0.2) is 30.3 Å². The minimum atomic E-state index is 0.676. The van der Waals surface area contributed by atoms with E-state index in [2.05, 4.69) is 47.1 Å². The van der Waals surface area contributed by atoms with Gasteiger partial charge in [0.25, 0.3) is 0 Å². The van der Waals surface area contributed by atoms with Crippen LogP contribution >= 0.6 is 0 Å². The number of benzene rings is 1. The molecule has 2 nitrogen and oxygen atoms in total. The summed E-state index contributed by atoms with van der Waals surface area (Å²) in [7, 11) is 0. The fourth-order valence-electron chi connectivity index (χ4n) is 5.82. The van der Waals surface area contributed by atoms with E-state index in [-0.39, 0.29) is 0 Å². The molecule has 0 N–H and O–H groups in total. The highest BCUT2D eigenvalue weighted by atomic mass is 15.3. The number of rotatable bonds is 5. The van der Waals surface area contributed by atoms with E-state index in [1.54, 1.807) is 0 Å². The lowest BCUT2D eigenvalue weighted by molar-refractivity contribution is -0.0000914. The predicted octanol–water partition coefficient (Wildman–Crippen LogP) is 4.91. The maximum absolute atomic E-state index is 2.92. The average molecular weight is 341 g/mol. The molecule has 3 fully saturated rings. The second kappa shape index (κ2) is 8.22. The van der Waals surface area contributed by atoms with Gasteiger partial charge < -0.3 is 0 Å². The van der Waals surface area contributed by atoms with Crippen LogP contribution in [0.1, 0.15) is 69.8 Å². The smallest absolute Gasteiger partial charge is 0.0280 e. The van der Waals surface area contributed by atoms with Crippen molar-refractivity contribution in [2.45, 2.75) is 76.3 Å². The van der Waals surface area contributed by atoms with E-state index in [0.717, 1.165) is 18.0 Å². The van der Waals surface area contributed by atoms with Gasteiger partial charge in [0, 0.05) is 25.2 Å². The van der Waals surface area contributed by atoms with Crippen LogP contribution in [0.3, 0.4) is 0 Å².